The number of esters is 1. The maximum atomic E-state index is 11.5. The molecule has 0 aliphatic rings. The molecule has 0 atom stereocenters. The van der Waals surface area contributed by atoms with E-state index in [0.29, 0.717) is 11.6 Å². The third kappa shape index (κ3) is 2.51. The molecule has 18 heavy (non-hydrogen) atoms. The number of carbonyl (C=O) groups is 1. The lowest BCUT2D eigenvalue weighted by Gasteiger charge is -2.04. The Morgan fingerprint density at radius 3 is 2.89 bits per heavy atom. The minimum absolute atomic E-state index is 0.350. The van der Waals surface area contributed by atoms with Gasteiger partial charge in [0.15, 0.2) is 0 Å². The number of aromatic nitrogens is 1. The van der Waals surface area contributed by atoms with Crippen molar-refractivity contribution in [3.63, 3.8) is 0 Å². The lowest BCUT2D eigenvalue weighted by atomic mass is 10.2. The Morgan fingerprint density at radius 2 is 2.17 bits per heavy atom. The third-order valence-electron chi connectivity index (χ3n) is 2.33. The number of hydrogen-bond donors (Lipinski definition) is 0. The lowest BCUT2D eigenvalue weighted by Crippen LogP contribution is -2.03. The highest BCUT2D eigenvalue weighted by molar-refractivity contribution is 7.16. The Bertz CT molecular complexity index is 551. The molecule has 94 valence electrons. The standard InChI is InChI=1S/C13H13NO3S/c1-3-17-13(15)12-14-8-11(18-12)9-6-4-5-7-10(9)16-2/h4-8H,3H2,1-2H3. The smallest absolute Gasteiger partial charge is 0.367 e. The summed E-state index contributed by atoms with van der Waals surface area (Å²) >= 11 is 1.30. The maximum absolute atomic E-state index is 11.5. The summed E-state index contributed by atoms with van der Waals surface area (Å²) < 4.78 is 10.2. The van der Waals surface area contributed by atoms with Gasteiger partial charge in [0.2, 0.25) is 5.01 Å². The summed E-state index contributed by atoms with van der Waals surface area (Å²) in [6.45, 7) is 2.12. The molecule has 0 spiro atoms. The van der Waals surface area contributed by atoms with Gasteiger partial charge in [0, 0.05) is 11.8 Å². The average molecular weight is 263 g/mol. The molecule has 0 radical (unpaired) electrons. The van der Waals surface area contributed by atoms with Gasteiger partial charge in [-0.2, -0.15) is 0 Å². The van der Waals surface area contributed by atoms with Crippen LogP contribution in [-0.4, -0.2) is 24.7 Å². The van der Waals surface area contributed by atoms with Gasteiger partial charge in [-0.05, 0) is 19.1 Å². The molecule has 1 heterocycles. The minimum atomic E-state index is -0.386. The summed E-state index contributed by atoms with van der Waals surface area (Å²) in [4.78, 5) is 16.5. The van der Waals surface area contributed by atoms with E-state index in [2.05, 4.69) is 4.98 Å². The van der Waals surface area contributed by atoms with Crippen molar-refractivity contribution in [2.45, 2.75) is 6.92 Å². The number of carbonyl (C=O) groups excluding carboxylic acids is 1. The van der Waals surface area contributed by atoms with Crippen LogP contribution >= 0.6 is 11.3 Å². The van der Waals surface area contributed by atoms with E-state index in [1.807, 2.05) is 24.3 Å². The number of methoxy groups -OCH3 is 1. The van der Waals surface area contributed by atoms with Gasteiger partial charge in [0.1, 0.15) is 5.75 Å². The highest BCUT2D eigenvalue weighted by Gasteiger charge is 2.14. The molecule has 2 aromatic rings. The highest BCUT2D eigenvalue weighted by Crippen LogP contribution is 2.33. The van der Waals surface area contributed by atoms with Crippen LogP contribution in [0.4, 0.5) is 0 Å². The van der Waals surface area contributed by atoms with Crippen LogP contribution in [0.2, 0.25) is 0 Å². The summed E-state index contributed by atoms with van der Waals surface area (Å²) in [6.07, 6.45) is 1.66. The summed E-state index contributed by atoms with van der Waals surface area (Å²) in [7, 11) is 1.62. The van der Waals surface area contributed by atoms with Crippen LogP contribution in [0.1, 0.15) is 16.7 Å². The molecule has 0 amide bonds. The monoisotopic (exact) mass is 263 g/mol. The van der Waals surface area contributed by atoms with Gasteiger partial charge in [-0.1, -0.05) is 12.1 Å². The van der Waals surface area contributed by atoms with Crippen LogP contribution in [-0.2, 0) is 4.74 Å². The molecule has 0 unspecified atom stereocenters. The van der Waals surface area contributed by atoms with E-state index >= 15 is 0 Å². The van der Waals surface area contributed by atoms with Crippen molar-refractivity contribution in [3.8, 4) is 16.2 Å². The highest BCUT2D eigenvalue weighted by atomic mass is 32.1. The maximum Gasteiger partial charge on any atom is 0.367 e. The largest absolute Gasteiger partial charge is 0.496 e. The molecule has 4 nitrogen and oxygen atoms in total. The number of rotatable bonds is 4. The van der Waals surface area contributed by atoms with Crippen LogP contribution in [0.15, 0.2) is 30.5 Å². The molecular formula is C13H13NO3S. The van der Waals surface area contributed by atoms with Crippen molar-refractivity contribution in [3.05, 3.63) is 35.5 Å². The van der Waals surface area contributed by atoms with Crippen LogP contribution < -0.4 is 4.74 Å². The van der Waals surface area contributed by atoms with Crippen LogP contribution in [0.3, 0.4) is 0 Å². The van der Waals surface area contributed by atoms with Gasteiger partial charge in [-0.15, -0.1) is 11.3 Å². The third-order valence-corrected chi connectivity index (χ3v) is 3.34. The number of thiazole rings is 1. The average Bonchev–Trinajstić information content (AvgIpc) is 2.88. The SMILES string of the molecule is CCOC(=O)c1ncc(-c2ccccc2OC)s1. The van der Waals surface area contributed by atoms with Crippen LogP contribution in [0.5, 0.6) is 5.75 Å². The Labute approximate surface area is 109 Å². The zero-order chi connectivity index (χ0) is 13.0. The van der Waals surface area contributed by atoms with Gasteiger partial charge in [-0.25, -0.2) is 9.78 Å². The first-order valence-electron chi connectivity index (χ1n) is 5.52. The lowest BCUT2D eigenvalue weighted by molar-refractivity contribution is 0.0526. The molecule has 0 aliphatic heterocycles. The van der Waals surface area contributed by atoms with Crippen molar-refractivity contribution in [2.24, 2.45) is 0 Å². The second-order valence-corrected chi connectivity index (χ2v) is 4.48. The van der Waals surface area contributed by atoms with Gasteiger partial charge < -0.3 is 9.47 Å². The molecule has 1 aromatic carbocycles. The van der Waals surface area contributed by atoms with E-state index in [1.165, 1.54) is 11.3 Å². The van der Waals surface area contributed by atoms with E-state index in [-0.39, 0.29) is 5.97 Å². The molecule has 0 saturated carbocycles. The fraction of sp³-hybridized carbons (Fsp3) is 0.231. The van der Waals surface area contributed by atoms with Crippen molar-refractivity contribution in [1.29, 1.82) is 0 Å². The van der Waals surface area contributed by atoms with Crippen molar-refractivity contribution < 1.29 is 14.3 Å². The first kappa shape index (κ1) is 12.6. The Kier molecular flexibility index (Phi) is 3.94. The van der Waals surface area contributed by atoms with E-state index < -0.39 is 0 Å². The second-order valence-electron chi connectivity index (χ2n) is 3.45. The topological polar surface area (TPSA) is 48.4 Å². The molecule has 5 heteroatoms. The fourth-order valence-corrected chi connectivity index (χ4v) is 2.37. The van der Waals surface area contributed by atoms with E-state index in [0.717, 1.165) is 16.2 Å². The summed E-state index contributed by atoms with van der Waals surface area (Å²) in [5, 5.41) is 0.359. The normalized spacial score (nSPS) is 10.1. The van der Waals surface area contributed by atoms with Crippen molar-refractivity contribution >= 4 is 17.3 Å². The van der Waals surface area contributed by atoms with Crippen molar-refractivity contribution in [2.75, 3.05) is 13.7 Å². The molecule has 0 aliphatic carbocycles. The van der Waals surface area contributed by atoms with E-state index in [1.54, 1.807) is 20.2 Å². The Balaban J connectivity index is 2.32. The molecule has 1 aromatic heterocycles. The summed E-state index contributed by atoms with van der Waals surface area (Å²) in [6, 6.07) is 7.62. The van der Waals surface area contributed by atoms with Crippen molar-refractivity contribution in [1.82, 2.24) is 4.98 Å². The first-order valence-corrected chi connectivity index (χ1v) is 6.34. The molecule has 0 bridgehead atoms. The number of nitrogens with zero attached hydrogens (tertiary/aromatic N) is 1. The minimum Gasteiger partial charge on any atom is -0.496 e. The van der Waals surface area contributed by atoms with Gasteiger partial charge >= 0.3 is 5.97 Å². The Morgan fingerprint density at radius 1 is 1.39 bits per heavy atom. The Hall–Kier alpha value is -1.88. The van der Waals surface area contributed by atoms with Gasteiger partial charge in [-0.3, -0.25) is 0 Å². The summed E-state index contributed by atoms with van der Waals surface area (Å²) in [5.41, 5.74) is 0.924. The van der Waals surface area contributed by atoms with Gasteiger partial charge in [0.05, 0.1) is 18.6 Å². The molecule has 0 fully saturated rings. The quantitative estimate of drug-likeness (QED) is 0.796. The van der Waals surface area contributed by atoms with E-state index in [9.17, 15) is 4.79 Å². The molecular weight excluding hydrogens is 250 g/mol. The predicted octanol–water partition coefficient (Wildman–Crippen LogP) is 3.00. The van der Waals surface area contributed by atoms with Crippen LogP contribution in [0, 0.1) is 0 Å². The number of para-hydroxylation sites is 1. The number of hydrogen-bond acceptors (Lipinski definition) is 5. The number of benzene rings is 1. The van der Waals surface area contributed by atoms with Crippen LogP contribution in [0.25, 0.3) is 10.4 Å². The second kappa shape index (κ2) is 5.64. The first-order chi connectivity index (χ1) is 8.76. The zero-order valence-electron chi connectivity index (χ0n) is 10.2. The summed E-state index contributed by atoms with van der Waals surface area (Å²) in [5.74, 6) is 0.375. The van der Waals surface area contributed by atoms with Gasteiger partial charge in [0.25, 0.3) is 0 Å². The number of ether oxygens (including phenoxy) is 2. The predicted molar refractivity (Wildman–Crippen MR) is 70.1 cm³/mol. The molecule has 0 saturated heterocycles. The van der Waals surface area contributed by atoms with E-state index in [4.69, 9.17) is 9.47 Å². The molecule has 2 rings (SSSR count). The zero-order valence-corrected chi connectivity index (χ0v) is 11.0. The fourth-order valence-electron chi connectivity index (χ4n) is 1.53. The molecule has 0 N–H and O–H groups in total.